The minimum atomic E-state index is -0.488. The maximum atomic E-state index is 13.3. The number of nitrogens with two attached hydrogens (primary N) is 1. The minimum Gasteiger partial charge on any atom is -0.324 e. The van der Waals surface area contributed by atoms with Crippen LogP contribution in [0.3, 0.4) is 0 Å². The smallest absolute Gasteiger partial charge is 0.238 e. The third-order valence-corrected chi connectivity index (χ3v) is 4.22. The van der Waals surface area contributed by atoms with E-state index in [4.69, 9.17) is 5.73 Å². The van der Waals surface area contributed by atoms with Crippen molar-refractivity contribution in [3.05, 3.63) is 24.0 Å². The summed E-state index contributed by atoms with van der Waals surface area (Å²) in [6.07, 6.45) is 7.49. The van der Waals surface area contributed by atoms with Gasteiger partial charge < -0.3 is 16.4 Å². The Morgan fingerprint density at radius 3 is 2.48 bits per heavy atom. The highest BCUT2D eigenvalue weighted by Crippen LogP contribution is 2.28. The Labute approximate surface area is 135 Å². The van der Waals surface area contributed by atoms with Gasteiger partial charge in [-0.25, -0.2) is 4.39 Å². The molecule has 23 heavy (non-hydrogen) atoms. The molecule has 2 rings (SSSR count). The van der Waals surface area contributed by atoms with Crippen molar-refractivity contribution in [3.63, 3.8) is 0 Å². The highest BCUT2D eigenvalue weighted by Gasteiger charge is 2.16. The van der Waals surface area contributed by atoms with E-state index in [1.54, 1.807) is 0 Å². The third kappa shape index (κ3) is 5.63. The summed E-state index contributed by atoms with van der Waals surface area (Å²) in [5.41, 5.74) is 5.87. The normalized spacial score (nSPS) is 15.2. The molecule has 1 aromatic carbocycles. The van der Waals surface area contributed by atoms with Gasteiger partial charge in [0.15, 0.2) is 0 Å². The van der Waals surface area contributed by atoms with Crippen LogP contribution in [0.4, 0.5) is 15.8 Å². The molecule has 0 bridgehead atoms. The molecule has 0 saturated heterocycles. The predicted octanol–water partition coefficient (Wildman–Crippen LogP) is 3.02. The molecule has 0 aliphatic heterocycles. The fourth-order valence-electron chi connectivity index (χ4n) is 2.95. The fourth-order valence-corrected chi connectivity index (χ4v) is 2.95. The topological polar surface area (TPSA) is 84.2 Å². The number of rotatable bonds is 6. The van der Waals surface area contributed by atoms with Crippen LogP contribution in [-0.4, -0.2) is 18.4 Å². The van der Waals surface area contributed by atoms with E-state index >= 15 is 0 Å². The molecule has 1 aliphatic rings. The molecule has 2 amide bonds. The summed E-state index contributed by atoms with van der Waals surface area (Å²) in [5, 5.41) is 5.24. The number of amides is 2. The Morgan fingerprint density at radius 2 is 1.78 bits per heavy atom. The summed E-state index contributed by atoms with van der Waals surface area (Å²) < 4.78 is 13.3. The maximum absolute atomic E-state index is 13.3. The molecule has 1 aliphatic carbocycles. The van der Waals surface area contributed by atoms with E-state index in [-0.39, 0.29) is 18.1 Å². The van der Waals surface area contributed by atoms with E-state index in [1.165, 1.54) is 50.3 Å². The number of hydrogen-bond acceptors (Lipinski definition) is 3. The molecule has 0 spiro atoms. The van der Waals surface area contributed by atoms with Crippen molar-refractivity contribution in [2.75, 3.05) is 17.2 Å². The molecule has 0 radical (unpaired) electrons. The lowest BCUT2D eigenvalue weighted by Gasteiger charge is -2.21. The van der Waals surface area contributed by atoms with E-state index in [1.807, 2.05) is 0 Å². The number of carbonyl (C=O) groups is 2. The van der Waals surface area contributed by atoms with Crippen molar-refractivity contribution in [1.82, 2.24) is 0 Å². The van der Waals surface area contributed by atoms with Gasteiger partial charge in [0, 0.05) is 6.42 Å². The number of nitrogens with one attached hydrogen (secondary N) is 2. The van der Waals surface area contributed by atoms with E-state index in [0.29, 0.717) is 18.0 Å². The first kappa shape index (κ1) is 17.4. The summed E-state index contributed by atoms with van der Waals surface area (Å²) in [6, 6.07) is 3.86. The Bertz CT molecular complexity index is 557. The van der Waals surface area contributed by atoms with Crippen molar-refractivity contribution >= 4 is 23.2 Å². The van der Waals surface area contributed by atoms with Crippen LogP contribution in [0.1, 0.15) is 44.9 Å². The summed E-state index contributed by atoms with van der Waals surface area (Å²) in [6.45, 7) is -0.203. The average molecular weight is 321 g/mol. The van der Waals surface area contributed by atoms with Gasteiger partial charge in [0.25, 0.3) is 0 Å². The van der Waals surface area contributed by atoms with Crippen LogP contribution in [0.5, 0.6) is 0 Å². The van der Waals surface area contributed by atoms with Crippen LogP contribution >= 0.6 is 0 Å². The van der Waals surface area contributed by atoms with Gasteiger partial charge in [-0.2, -0.15) is 0 Å². The number of carbonyl (C=O) groups excluding carboxylic acids is 2. The highest BCUT2D eigenvalue weighted by molar-refractivity contribution is 6.00. The van der Waals surface area contributed by atoms with E-state index in [0.717, 1.165) is 6.42 Å². The van der Waals surface area contributed by atoms with Gasteiger partial charge in [-0.3, -0.25) is 9.59 Å². The van der Waals surface area contributed by atoms with Crippen molar-refractivity contribution in [2.24, 2.45) is 11.7 Å². The van der Waals surface area contributed by atoms with Gasteiger partial charge in [0.2, 0.25) is 11.8 Å². The second-order valence-corrected chi connectivity index (χ2v) is 6.03. The maximum Gasteiger partial charge on any atom is 0.238 e. The lowest BCUT2D eigenvalue weighted by Crippen LogP contribution is -2.23. The van der Waals surface area contributed by atoms with Crippen LogP contribution < -0.4 is 16.4 Å². The SMILES string of the molecule is NCC(=O)Nc1cc(F)ccc1NC(=O)CCC1CCCCC1. The largest absolute Gasteiger partial charge is 0.324 e. The van der Waals surface area contributed by atoms with Gasteiger partial charge in [-0.1, -0.05) is 32.1 Å². The Hall–Kier alpha value is -1.95. The second-order valence-electron chi connectivity index (χ2n) is 6.03. The Morgan fingerprint density at radius 1 is 1.09 bits per heavy atom. The summed E-state index contributed by atoms with van der Waals surface area (Å²) in [7, 11) is 0. The van der Waals surface area contributed by atoms with Crippen molar-refractivity contribution < 1.29 is 14.0 Å². The molecule has 0 unspecified atom stereocenters. The molecule has 6 heteroatoms. The minimum absolute atomic E-state index is 0.120. The third-order valence-electron chi connectivity index (χ3n) is 4.22. The van der Waals surface area contributed by atoms with Crippen molar-refractivity contribution in [2.45, 2.75) is 44.9 Å². The van der Waals surface area contributed by atoms with Crippen molar-refractivity contribution in [1.29, 1.82) is 0 Å². The van der Waals surface area contributed by atoms with Gasteiger partial charge in [-0.15, -0.1) is 0 Å². The van der Waals surface area contributed by atoms with E-state index in [9.17, 15) is 14.0 Å². The van der Waals surface area contributed by atoms with Crippen molar-refractivity contribution in [3.8, 4) is 0 Å². The fraction of sp³-hybridized carbons (Fsp3) is 0.529. The van der Waals surface area contributed by atoms with Crippen LogP contribution in [0, 0.1) is 11.7 Å². The van der Waals surface area contributed by atoms with E-state index < -0.39 is 11.7 Å². The first-order valence-corrected chi connectivity index (χ1v) is 8.18. The summed E-state index contributed by atoms with van der Waals surface area (Å²) >= 11 is 0. The zero-order chi connectivity index (χ0) is 16.7. The number of halogens is 1. The zero-order valence-corrected chi connectivity index (χ0v) is 13.2. The molecule has 0 atom stereocenters. The second kappa shape index (κ2) is 8.62. The lowest BCUT2D eigenvalue weighted by molar-refractivity contribution is -0.117. The van der Waals surface area contributed by atoms with Crippen LogP contribution in [0.15, 0.2) is 18.2 Å². The average Bonchev–Trinajstić information content (AvgIpc) is 2.56. The number of benzene rings is 1. The number of anilines is 2. The molecular weight excluding hydrogens is 297 g/mol. The Balaban J connectivity index is 1.92. The number of hydrogen-bond donors (Lipinski definition) is 3. The van der Waals surface area contributed by atoms with Crippen LogP contribution in [0.25, 0.3) is 0 Å². The monoisotopic (exact) mass is 321 g/mol. The van der Waals surface area contributed by atoms with Gasteiger partial charge in [-0.05, 0) is 30.5 Å². The Kier molecular flexibility index (Phi) is 6.52. The molecule has 0 heterocycles. The predicted molar refractivity (Wildman–Crippen MR) is 88.5 cm³/mol. The van der Waals surface area contributed by atoms with E-state index in [2.05, 4.69) is 10.6 Å². The zero-order valence-electron chi connectivity index (χ0n) is 13.2. The first-order chi connectivity index (χ1) is 11.1. The highest BCUT2D eigenvalue weighted by atomic mass is 19.1. The molecule has 0 aromatic heterocycles. The first-order valence-electron chi connectivity index (χ1n) is 8.18. The molecule has 1 fully saturated rings. The molecule has 1 saturated carbocycles. The van der Waals surface area contributed by atoms with Gasteiger partial charge in [0.05, 0.1) is 17.9 Å². The molecular formula is C17H24FN3O2. The lowest BCUT2D eigenvalue weighted by atomic mass is 9.86. The molecule has 5 nitrogen and oxygen atoms in total. The van der Waals surface area contributed by atoms with Gasteiger partial charge >= 0.3 is 0 Å². The molecule has 1 aromatic rings. The molecule has 4 N–H and O–H groups in total. The summed E-state index contributed by atoms with van der Waals surface area (Å²) in [4.78, 5) is 23.5. The quantitative estimate of drug-likeness (QED) is 0.753. The van der Waals surface area contributed by atoms with Gasteiger partial charge in [0.1, 0.15) is 5.82 Å². The van der Waals surface area contributed by atoms with Crippen LogP contribution in [0.2, 0.25) is 0 Å². The molecule has 126 valence electrons. The standard InChI is InChI=1S/C17H24FN3O2/c18-13-7-8-14(15(10-13)21-17(23)11-19)20-16(22)9-6-12-4-2-1-3-5-12/h7-8,10,12H,1-6,9,11,19H2,(H,20,22)(H,21,23). The van der Waals surface area contributed by atoms with Crippen LogP contribution in [-0.2, 0) is 9.59 Å². The summed E-state index contributed by atoms with van der Waals surface area (Å²) in [5.74, 6) is -0.421.